The van der Waals surface area contributed by atoms with Crippen LogP contribution in [-0.4, -0.2) is 32.9 Å². The molecule has 0 saturated carbocycles. The maximum atomic E-state index is 12.5. The van der Waals surface area contributed by atoms with Crippen LogP contribution in [0.1, 0.15) is 11.1 Å². The van der Waals surface area contributed by atoms with E-state index in [0.29, 0.717) is 18.7 Å². The van der Waals surface area contributed by atoms with Crippen LogP contribution in [0.4, 0.5) is 5.69 Å². The number of sulfonamides is 1. The smallest absolute Gasteiger partial charge is 0.251 e. The maximum absolute atomic E-state index is 12.5. The minimum Gasteiger partial charge on any atom is -0.308 e. The molecule has 0 fully saturated rings. The number of nitrogens with one attached hydrogen (secondary N) is 1. The van der Waals surface area contributed by atoms with Gasteiger partial charge in [0.25, 0.3) is 5.91 Å². The molecule has 0 unspecified atom stereocenters. The van der Waals surface area contributed by atoms with E-state index in [2.05, 4.69) is 9.71 Å². The van der Waals surface area contributed by atoms with Crippen LogP contribution in [0.5, 0.6) is 0 Å². The van der Waals surface area contributed by atoms with E-state index in [1.54, 1.807) is 47.6 Å². The lowest BCUT2D eigenvalue weighted by molar-refractivity contribution is -0.114. The molecule has 0 spiro atoms. The van der Waals surface area contributed by atoms with Crippen molar-refractivity contribution in [3.8, 4) is 0 Å². The Morgan fingerprint density at radius 1 is 1.33 bits per heavy atom. The second kappa shape index (κ2) is 6.54. The Balaban J connectivity index is 1.87. The fraction of sp³-hybridized carbons (Fsp3) is 0.176. The minimum atomic E-state index is -3.54. The van der Waals surface area contributed by atoms with Crippen molar-refractivity contribution >= 4 is 27.7 Å². The van der Waals surface area contributed by atoms with E-state index < -0.39 is 10.0 Å². The maximum Gasteiger partial charge on any atom is 0.251 e. The zero-order valence-electron chi connectivity index (χ0n) is 13.1. The molecule has 1 aliphatic heterocycles. The average Bonchev–Trinajstić information content (AvgIpc) is 3.04. The molecule has 124 valence electrons. The molecule has 1 aromatic heterocycles. The van der Waals surface area contributed by atoms with Gasteiger partial charge in [-0.3, -0.25) is 9.78 Å². The van der Waals surface area contributed by atoms with Gasteiger partial charge in [-0.15, -0.1) is 0 Å². The second-order valence-electron chi connectivity index (χ2n) is 5.36. The summed E-state index contributed by atoms with van der Waals surface area (Å²) in [6.07, 6.45) is 7.22. The first-order valence-corrected chi connectivity index (χ1v) is 8.95. The first-order chi connectivity index (χ1) is 11.5. The number of rotatable bonds is 4. The number of fused-ring (bicyclic) bond motifs is 1. The second-order valence-corrected chi connectivity index (χ2v) is 7.24. The van der Waals surface area contributed by atoms with Crippen LogP contribution in [0.2, 0.25) is 0 Å². The third kappa shape index (κ3) is 3.22. The normalized spacial score (nSPS) is 14.1. The van der Waals surface area contributed by atoms with Gasteiger partial charge in [0.2, 0.25) is 10.0 Å². The van der Waals surface area contributed by atoms with Crippen molar-refractivity contribution in [2.75, 3.05) is 18.5 Å². The summed E-state index contributed by atoms with van der Waals surface area (Å²) in [5.41, 5.74) is 2.44. The van der Waals surface area contributed by atoms with E-state index in [4.69, 9.17) is 0 Å². The number of carbonyl (C=O) groups excluding carboxylic acids is 1. The summed E-state index contributed by atoms with van der Waals surface area (Å²) < 4.78 is 26.2. The number of aromatic nitrogens is 1. The Bertz CT molecular complexity index is 893. The van der Waals surface area contributed by atoms with Gasteiger partial charge in [-0.2, -0.15) is 0 Å². The number of hydrogen-bond acceptors (Lipinski definition) is 4. The van der Waals surface area contributed by atoms with Gasteiger partial charge in [-0.25, -0.2) is 13.1 Å². The number of benzene rings is 1. The van der Waals surface area contributed by atoms with E-state index in [0.717, 1.165) is 11.1 Å². The summed E-state index contributed by atoms with van der Waals surface area (Å²) in [6.45, 7) is 0.536. The first-order valence-electron chi connectivity index (χ1n) is 7.47. The zero-order chi connectivity index (χ0) is 17.2. The molecule has 0 saturated heterocycles. The molecule has 3 rings (SSSR count). The third-order valence-electron chi connectivity index (χ3n) is 3.90. The van der Waals surface area contributed by atoms with Crippen molar-refractivity contribution in [2.24, 2.45) is 0 Å². The van der Waals surface area contributed by atoms with Crippen LogP contribution in [0.25, 0.3) is 6.08 Å². The summed E-state index contributed by atoms with van der Waals surface area (Å²) >= 11 is 0. The monoisotopic (exact) mass is 343 g/mol. The zero-order valence-corrected chi connectivity index (χ0v) is 14.0. The van der Waals surface area contributed by atoms with Crippen LogP contribution in [0.15, 0.2) is 53.7 Å². The van der Waals surface area contributed by atoms with Crippen molar-refractivity contribution < 1.29 is 13.2 Å². The molecule has 2 aromatic rings. The van der Waals surface area contributed by atoms with Gasteiger partial charge in [0.15, 0.2) is 0 Å². The summed E-state index contributed by atoms with van der Waals surface area (Å²) in [4.78, 5) is 18.2. The number of pyridine rings is 1. The lowest BCUT2D eigenvalue weighted by Gasteiger charge is -2.16. The Morgan fingerprint density at radius 2 is 2.17 bits per heavy atom. The van der Waals surface area contributed by atoms with Crippen LogP contribution < -0.4 is 9.62 Å². The predicted molar refractivity (Wildman–Crippen MR) is 92.0 cm³/mol. The van der Waals surface area contributed by atoms with Gasteiger partial charge in [0, 0.05) is 30.7 Å². The molecule has 1 N–H and O–H groups in total. The Kier molecular flexibility index (Phi) is 4.46. The van der Waals surface area contributed by atoms with Gasteiger partial charge >= 0.3 is 0 Å². The van der Waals surface area contributed by atoms with E-state index in [9.17, 15) is 13.2 Å². The van der Waals surface area contributed by atoms with Crippen molar-refractivity contribution in [1.29, 1.82) is 0 Å². The molecule has 0 radical (unpaired) electrons. The summed E-state index contributed by atoms with van der Waals surface area (Å²) in [6, 6.07) is 8.52. The van der Waals surface area contributed by atoms with E-state index >= 15 is 0 Å². The summed E-state index contributed by atoms with van der Waals surface area (Å²) in [7, 11) is -2.18. The molecule has 0 aliphatic carbocycles. The van der Waals surface area contributed by atoms with Gasteiger partial charge in [0.05, 0.1) is 4.90 Å². The standard InChI is InChI=1S/C17H17N3O3S/c1-18-24(22,23)15-6-5-14-8-10-20(16(14)11-15)17(21)7-4-13-3-2-9-19-12-13/h2-7,9,11-12,18H,8,10H2,1H3. The molecule has 2 heterocycles. The molecule has 0 atom stereocenters. The molecule has 1 aromatic carbocycles. The fourth-order valence-electron chi connectivity index (χ4n) is 2.60. The number of anilines is 1. The average molecular weight is 343 g/mol. The number of carbonyl (C=O) groups is 1. The van der Waals surface area contributed by atoms with Crippen LogP contribution in [0.3, 0.4) is 0 Å². The van der Waals surface area contributed by atoms with Gasteiger partial charge < -0.3 is 4.90 Å². The van der Waals surface area contributed by atoms with Crippen molar-refractivity contribution in [3.05, 3.63) is 59.9 Å². The van der Waals surface area contributed by atoms with Gasteiger partial charge in [-0.05, 0) is 48.9 Å². The number of hydrogen-bond donors (Lipinski definition) is 1. The molecule has 7 heteroatoms. The highest BCUT2D eigenvalue weighted by Gasteiger charge is 2.25. The molecule has 24 heavy (non-hydrogen) atoms. The van der Waals surface area contributed by atoms with Gasteiger partial charge in [-0.1, -0.05) is 12.1 Å². The molecule has 0 bridgehead atoms. The molecular formula is C17H17N3O3S. The quantitative estimate of drug-likeness (QED) is 0.855. The highest BCUT2D eigenvalue weighted by molar-refractivity contribution is 7.89. The fourth-order valence-corrected chi connectivity index (χ4v) is 3.35. The van der Waals surface area contributed by atoms with E-state index in [-0.39, 0.29) is 10.8 Å². The van der Waals surface area contributed by atoms with Crippen LogP contribution in [0, 0.1) is 0 Å². The minimum absolute atomic E-state index is 0.152. The highest BCUT2D eigenvalue weighted by atomic mass is 32.2. The third-order valence-corrected chi connectivity index (χ3v) is 5.31. The lowest BCUT2D eigenvalue weighted by atomic mass is 10.2. The molecule has 1 amide bonds. The molecular weight excluding hydrogens is 326 g/mol. The highest BCUT2D eigenvalue weighted by Crippen LogP contribution is 2.30. The van der Waals surface area contributed by atoms with Crippen molar-refractivity contribution in [3.63, 3.8) is 0 Å². The van der Waals surface area contributed by atoms with E-state index in [1.165, 1.54) is 13.1 Å². The van der Waals surface area contributed by atoms with Gasteiger partial charge in [0.1, 0.15) is 0 Å². The summed E-state index contributed by atoms with van der Waals surface area (Å²) in [5.74, 6) is -0.184. The van der Waals surface area contributed by atoms with E-state index in [1.807, 2.05) is 6.07 Å². The largest absolute Gasteiger partial charge is 0.308 e. The topological polar surface area (TPSA) is 79.4 Å². The van der Waals surface area contributed by atoms with Crippen molar-refractivity contribution in [1.82, 2.24) is 9.71 Å². The molecule has 6 nitrogen and oxygen atoms in total. The Morgan fingerprint density at radius 3 is 2.88 bits per heavy atom. The SMILES string of the molecule is CNS(=O)(=O)c1ccc2c(c1)N(C(=O)C=Cc1cccnc1)CC2. The predicted octanol–water partition coefficient (Wildman–Crippen LogP) is 1.59. The Labute approximate surface area is 140 Å². The first kappa shape index (κ1) is 16.4. The molecule has 1 aliphatic rings. The number of nitrogens with zero attached hydrogens (tertiary/aromatic N) is 2. The lowest BCUT2D eigenvalue weighted by Crippen LogP contribution is -2.27. The Hall–Kier alpha value is -2.51. The number of amides is 1. The summed E-state index contributed by atoms with van der Waals surface area (Å²) in [5, 5.41) is 0. The van der Waals surface area contributed by atoms with Crippen LogP contribution in [-0.2, 0) is 21.2 Å². The van der Waals surface area contributed by atoms with Crippen LogP contribution >= 0.6 is 0 Å². The van der Waals surface area contributed by atoms with Crippen molar-refractivity contribution in [2.45, 2.75) is 11.3 Å².